The van der Waals surface area contributed by atoms with E-state index in [1.165, 1.54) is 52.4 Å². The maximum Gasteiger partial charge on any atom is 0.179 e. The van der Waals surface area contributed by atoms with E-state index in [4.69, 9.17) is 9.97 Å². The maximum absolute atomic E-state index is 5.37. The van der Waals surface area contributed by atoms with Gasteiger partial charge < -0.3 is 4.57 Å². The van der Waals surface area contributed by atoms with E-state index in [1.54, 1.807) is 0 Å². The van der Waals surface area contributed by atoms with Gasteiger partial charge in [0.25, 0.3) is 0 Å². The summed E-state index contributed by atoms with van der Waals surface area (Å²) in [6.45, 7) is 4.67. The Labute approximate surface area is 343 Å². The number of aromatic nitrogens is 4. The first-order chi connectivity index (χ1) is 28.4. The highest BCUT2D eigenvalue weighted by atomic mass is 32.2. The van der Waals surface area contributed by atoms with Gasteiger partial charge in [0.2, 0.25) is 0 Å². The Kier molecular flexibility index (Phi) is 7.97. The maximum atomic E-state index is 5.37. The Balaban J connectivity index is 1.17. The van der Waals surface area contributed by atoms with Gasteiger partial charge in [-0.1, -0.05) is 171 Å². The van der Waals surface area contributed by atoms with E-state index in [0.717, 1.165) is 39.3 Å². The average Bonchev–Trinajstić information content (AvgIpc) is 3.80. The van der Waals surface area contributed by atoms with Crippen LogP contribution in [0.15, 0.2) is 198 Å². The molecule has 0 atom stereocenters. The van der Waals surface area contributed by atoms with Crippen LogP contribution in [0.3, 0.4) is 0 Å². The number of rotatable bonds is 6. The van der Waals surface area contributed by atoms with E-state index < -0.39 is 8.07 Å². The lowest BCUT2D eigenvalue weighted by atomic mass is 9.78. The van der Waals surface area contributed by atoms with Gasteiger partial charge in [0.15, 0.2) is 8.07 Å². The van der Waals surface area contributed by atoms with Crippen molar-refractivity contribution in [3.8, 4) is 17.1 Å². The van der Waals surface area contributed by atoms with Crippen molar-refractivity contribution < 1.29 is 0 Å². The Hall–Kier alpha value is -6.47. The van der Waals surface area contributed by atoms with Crippen LogP contribution in [0.2, 0.25) is 0 Å². The molecule has 1 aliphatic rings. The number of imidazole rings is 1. The van der Waals surface area contributed by atoms with Crippen molar-refractivity contribution in [3.63, 3.8) is 0 Å². The molecule has 0 amide bonds. The smallest absolute Gasteiger partial charge is 0.179 e. The van der Waals surface area contributed by atoms with Gasteiger partial charge in [-0.05, 0) is 68.3 Å². The molecule has 0 unspecified atom stereocenters. The third-order valence-corrected chi connectivity index (χ3v) is 18.3. The highest BCUT2D eigenvalue weighted by Crippen LogP contribution is 2.52. The first-order valence-corrected chi connectivity index (χ1v) is 22.7. The lowest BCUT2D eigenvalue weighted by molar-refractivity contribution is 0.606. The van der Waals surface area contributed by atoms with Crippen molar-refractivity contribution in [1.82, 2.24) is 19.1 Å². The fraction of sp³-hybridized carbons (Fsp3) is 0.0769. The first-order valence-electron chi connectivity index (χ1n) is 19.9. The molecular formula is C52H40N4SSi. The molecule has 7 aromatic carbocycles. The van der Waals surface area contributed by atoms with Crippen LogP contribution in [0, 0.1) is 0 Å². The summed E-state index contributed by atoms with van der Waals surface area (Å²) in [6.07, 6.45) is 2.14. The van der Waals surface area contributed by atoms with E-state index in [-0.39, 0.29) is 5.41 Å². The van der Waals surface area contributed by atoms with Crippen molar-refractivity contribution in [3.05, 3.63) is 199 Å². The highest BCUT2D eigenvalue weighted by molar-refractivity contribution is 7.99. The molecule has 0 radical (unpaired) electrons. The van der Waals surface area contributed by atoms with Gasteiger partial charge in [-0.15, -0.1) is 0 Å². The molecule has 6 heteroatoms. The summed E-state index contributed by atoms with van der Waals surface area (Å²) in [5, 5.41) is 7.70. The largest absolute Gasteiger partial charge is 0.327 e. The van der Waals surface area contributed by atoms with Gasteiger partial charge in [0.05, 0.1) is 16.6 Å². The molecule has 3 aromatic heterocycles. The highest BCUT2D eigenvalue weighted by Gasteiger charge is 2.42. The molecule has 0 saturated heterocycles. The van der Waals surface area contributed by atoms with E-state index >= 15 is 0 Å². The normalized spacial score (nSPS) is 13.5. The molecule has 0 spiro atoms. The monoisotopic (exact) mass is 780 g/mol. The molecule has 0 fully saturated rings. The fourth-order valence-corrected chi connectivity index (χ4v) is 15.9. The second-order valence-electron chi connectivity index (χ2n) is 15.9. The quantitative estimate of drug-likeness (QED) is 0.125. The molecule has 0 aliphatic carbocycles. The predicted octanol–water partition coefficient (Wildman–Crippen LogP) is 9.90. The number of nitrogens with zero attached hydrogens (tertiary/aromatic N) is 4. The van der Waals surface area contributed by atoms with Crippen LogP contribution in [0.1, 0.15) is 25.0 Å². The Morgan fingerprint density at radius 2 is 1.19 bits per heavy atom. The molecule has 58 heavy (non-hydrogen) atoms. The second-order valence-corrected chi connectivity index (χ2v) is 20.7. The zero-order valence-electron chi connectivity index (χ0n) is 32.6. The van der Waals surface area contributed by atoms with Gasteiger partial charge in [0, 0.05) is 50.5 Å². The Morgan fingerprint density at radius 3 is 1.95 bits per heavy atom. The van der Waals surface area contributed by atoms with Gasteiger partial charge in [-0.25, -0.2) is 9.97 Å². The minimum absolute atomic E-state index is 0.172. The predicted molar refractivity (Wildman–Crippen MR) is 245 cm³/mol. The molecule has 0 saturated carbocycles. The van der Waals surface area contributed by atoms with E-state index in [9.17, 15) is 0 Å². The number of hydrogen-bond acceptors (Lipinski definition) is 3. The standard InChI is InChI=1S/C52H40N4SSi/c1-52(2)42-27-11-15-31-47(42)57-49-43(52)34-53-51-48(49)41-26-10-13-29-45(41)56(51)36-19-17-25-40(33-36)58(37-20-6-4-7-21-37,38-22-8-5-9-23-38)39-24-16-18-35(32-39)50-54-44-28-12-14-30-46(44)55(50)3/h4-34H,1-3H3. The number of para-hydroxylation sites is 3. The summed E-state index contributed by atoms with van der Waals surface area (Å²) in [5.74, 6) is 0.962. The number of aryl methyl sites for hydroxylation is 1. The number of fused-ring (bicyclic) bond motifs is 7. The van der Waals surface area contributed by atoms with Crippen molar-refractivity contribution in [2.45, 2.75) is 29.1 Å². The minimum Gasteiger partial charge on any atom is -0.327 e. The van der Waals surface area contributed by atoms with Crippen LogP contribution in [-0.4, -0.2) is 27.2 Å². The van der Waals surface area contributed by atoms with Crippen LogP contribution in [0.25, 0.3) is 50.0 Å². The summed E-state index contributed by atoms with van der Waals surface area (Å²) >= 11 is 1.89. The second kappa shape index (κ2) is 13.3. The summed E-state index contributed by atoms with van der Waals surface area (Å²) in [7, 11) is -0.836. The van der Waals surface area contributed by atoms with Gasteiger partial charge >= 0.3 is 0 Å². The molecule has 0 bridgehead atoms. The van der Waals surface area contributed by atoms with Crippen molar-refractivity contribution in [1.29, 1.82) is 0 Å². The van der Waals surface area contributed by atoms with E-state index in [1.807, 2.05) is 11.8 Å². The summed E-state index contributed by atoms with van der Waals surface area (Å²) < 4.78 is 4.61. The van der Waals surface area contributed by atoms with Crippen molar-refractivity contribution >= 4 is 73.6 Å². The molecule has 4 nitrogen and oxygen atoms in total. The Morgan fingerprint density at radius 1 is 0.569 bits per heavy atom. The van der Waals surface area contributed by atoms with Gasteiger partial charge in [-0.2, -0.15) is 0 Å². The fourth-order valence-electron chi connectivity index (χ4n) is 9.58. The lowest BCUT2D eigenvalue weighted by Gasteiger charge is -2.35. The molecule has 11 rings (SSSR count). The molecule has 4 heterocycles. The molecule has 0 N–H and O–H groups in total. The average molecular weight is 781 g/mol. The van der Waals surface area contributed by atoms with Crippen LogP contribution in [0.5, 0.6) is 0 Å². The van der Waals surface area contributed by atoms with Crippen LogP contribution < -0.4 is 20.7 Å². The molecule has 10 aromatic rings. The summed E-state index contributed by atoms with van der Waals surface area (Å²) in [4.78, 5) is 13.1. The van der Waals surface area contributed by atoms with Gasteiger partial charge in [0.1, 0.15) is 11.5 Å². The molecule has 278 valence electrons. The topological polar surface area (TPSA) is 35.6 Å². The molecule has 1 aliphatic heterocycles. The number of pyridine rings is 1. The van der Waals surface area contributed by atoms with Crippen LogP contribution in [0.4, 0.5) is 0 Å². The van der Waals surface area contributed by atoms with E-state index in [2.05, 4.69) is 218 Å². The third kappa shape index (κ3) is 5.08. The van der Waals surface area contributed by atoms with E-state index in [0.29, 0.717) is 0 Å². The molecular weight excluding hydrogens is 741 g/mol. The third-order valence-electron chi connectivity index (χ3n) is 12.4. The van der Waals surface area contributed by atoms with Crippen molar-refractivity contribution in [2.24, 2.45) is 7.05 Å². The zero-order valence-corrected chi connectivity index (χ0v) is 34.4. The summed E-state index contributed by atoms with van der Waals surface area (Å²) in [5.41, 5.74) is 8.93. The SMILES string of the molecule is Cn1c(-c2cccc([Si](c3ccccc3)(c3ccccc3)c3cccc(-n4c5ccccc5c5c6c(cnc54)C(C)(C)c4ccccc4S6)c3)c2)nc2ccccc21. The minimum atomic E-state index is -2.96. The zero-order chi connectivity index (χ0) is 39.0. The van der Waals surface area contributed by atoms with Crippen LogP contribution >= 0.6 is 11.8 Å². The summed E-state index contributed by atoms with van der Waals surface area (Å²) in [6, 6.07) is 66.9. The first kappa shape index (κ1) is 34.7. The van der Waals surface area contributed by atoms with Crippen molar-refractivity contribution in [2.75, 3.05) is 0 Å². The van der Waals surface area contributed by atoms with Crippen LogP contribution in [-0.2, 0) is 12.5 Å². The van der Waals surface area contributed by atoms with Gasteiger partial charge in [-0.3, -0.25) is 4.57 Å². The number of hydrogen-bond donors (Lipinski definition) is 0. The number of benzene rings is 7. The lowest BCUT2D eigenvalue weighted by Crippen LogP contribution is -2.74. The Bertz CT molecular complexity index is 3160.